The van der Waals surface area contributed by atoms with Crippen LogP contribution < -0.4 is 0 Å². The van der Waals surface area contributed by atoms with E-state index >= 15 is 0 Å². The van der Waals surface area contributed by atoms with Crippen LogP contribution in [-0.2, 0) is 9.59 Å². The fourth-order valence-corrected chi connectivity index (χ4v) is 2.24. The topological polar surface area (TPSA) is 57.6 Å². The van der Waals surface area contributed by atoms with Crippen LogP contribution in [0.25, 0.3) is 0 Å². The predicted octanol–water partition coefficient (Wildman–Crippen LogP) is 2.28. The highest BCUT2D eigenvalue weighted by Gasteiger charge is 2.33. The molecular formula is C13H23NO3. The number of carboxylic acid groups (broad SMARTS) is 1. The lowest BCUT2D eigenvalue weighted by molar-refractivity contribution is -0.148. The van der Waals surface area contributed by atoms with E-state index in [9.17, 15) is 9.59 Å². The third-order valence-electron chi connectivity index (χ3n) is 3.18. The van der Waals surface area contributed by atoms with Gasteiger partial charge >= 0.3 is 5.97 Å². The molecule has 0 aromatic carbocycles. The first-order valence-corrected chi connectivity index (χ1v) is 6.33. The second kappa shape index (κ2) is 5.52. The summed E-state index contributed by atoms with van der Waals surface area (Å²) >= 11 is 0. The Balaban J connectivity index is 2.40. The first kappa shape index (κ1) is 14.0. The van der Waals surface area contributed by atoms with E-state index in [1.54, 1.807) is 0 Å². The summed E-state index contributed by atoms with van der Waals surface area (Å²) < 4.78 is 0. The minimum atomic E-state index is -0.869. The van der Waals surface area contributed by atoms with Crippen LogP contribution in [0.5, 0.6) is 0 Å². The smallest absolute Gasteiger partial charge is 0.326 e. The number of hydrogen-bond donors (Lipinski definition) is 1. The molecule has 1 aliphatic rings. The molecule has 1 rings (SSSR count). The highest BCUT2D eigenvalue weighted by molar-refractivity contribution is 5.84. The predicted molar refractivity (Wildman–Crippen MR) is 65.7 cm³/mol. The number of carboxylic acids is 1. The zero-order valence-corrected chi connectivity index (χ0v) is 11.0. The van der Waals surface area contributed by atoms with Gasteiger partial charge in [-0.05, 0) is 31.1 Å². The minimum absolute atomic E-state index is 0.000787. The van der Waals surface area contributed by atoms with Crippen LogP contribution in [0.2, 0.25) is 0 Å². The van der Waals surface area contributed by atoms with Gasteiger partial charge in [-0.15, -0.1) is 0 Å². The lowest BCUT2D eigenvalue weighted by atomic mass is 9.90. The zero-order valence-electron chi connectivity index (χ0n) is 11.0. The fourth-order valence-electron chi connectivity index (χ4n) is 2.24. The number of aliphatic carboxylic acids is 1. The summed E-state index contributed by atoms with van der Waals surface area (Å²) in [4.78, 5) is 24.4. The average molecular weight is 241 g/mol. The normalized spacial score (nSPS) is 20.6. The van der Waals surface area contributed by atoms with E-state index in [1.165, 1.54) is 4.90 Å². The summed E-state index contributed by atoms with van der Waals surface area (Å²) in [6.45, 7) is 7.04. The van der Waals surface area contributed by atoms with Crippen molar-refractivity contribution in [2.24, 2.45) is 5.41 Å². The molecule has 1 unspecified atom stereocenters. The molecule has 0 aromatic heterocycles. The van der Waals surface area contributed by atoms with Crippen molar-refractivity contribution in [2.75, 3.05) is 6.54 Å². The summed E-state index contributed by atoms with van der Waals surface area (Å²) in [5.74, 6) is -0.870. The van der Waals surface area contributed by atoms with Crippen LogP contribution in [0.1, 0.15) is 52.9 Å². The van der Waals surface area contributed by atoms with E-state index in [0.29, 0.717) is 19.4 Å². The van der Waals surface area contributed by atoms with Crippen molar-refractivity contribution < 1.29 is 14.7 Å². The molecule has 0 saturated carbocycles. The summed E-state index contributed by atoms with van der Waals surface area (Å²) in [5.41, 5.74) is 0.234. The maximum atomic E-state index is 11.9. The minimum Gasteiger partial charge on any atom is -0.480 e. The molecule has 0 aromatic rings. The van der Waals surface area contributed by atoms with Crippen molar-refractivity contribution in [3.63, 3.8) is 0 Å². The van der Waals surface area contributed by atoms with Gasteiger partial charge in [-0.2, -0.15) is 0 Å². The molecule has 1 N–H and O–H groups in total. The molecule has 0 aliphatic carbocycles. The van der Waals surface area contributed by atoms with E-state index in [-0.39, 0.29) is 11.3 Å². The molecule has 1 saturated heterocycles. The molecule has 1 heterocycles. The van der Waals surface area contributed by atoms with E-state index in [2.05, 4.69) is 20.8 Å². The molecule has 1 fully saturated rings. The van der Waals surface area contributed by atoms with Gasteiger partial charge in [0.1, 0.15) is 6.04 Å². The monoisotopic (exact) mass is 241 g/mol. The Labute approximate surface area is 103 Å². The quantitative estimate of drug-likeness (QED) is 0.821. The van der Waals surface area contributed by atoms with Gasteiger partial charge in [-0.3, -0.25) is 4.79 Å². The third kappa shape index (κ3) is 4.36. The molecule has 0 radical (unpaired) electrons. The van der Waals surface area contributed by atoms with Crippen LogP contribution in [0.3, 0.4) is 0 Å². The summed E-state index contributed by atoms with van der Waals surface area (Å²) in [5, 5.41) is 8.99. The van der Waals surface area contributed by atoms with Gasteiger partial charge in [0.25, 0.3) is 0 Å². The zero-order chi connectivity index (χ0) is 13.1. The van der Waals surface area contributed by atoms with Gasteiger partial charge in [0, 0.05) is 13.0 Å². The molecule has 1 amide bonds. The fraction of sp³-hybridized carbons (Fsp3) is 0.846. The average Bonchev–Trinajstić information content (AvgIpc) is 2.63. The van der Waals surface area contributed by atoms with Crippen LogP contribution in [0.15, 0.2) is 0 Å². The Hall–Kier alpha value is -1.06. The second-order valence-corrected chi connectivity index (χ2v) is 6.00. The molecule has 98 valence electrons. The Morgan fingerprint density at radius 3 is 2.53 bits per heavy atom. The maximum Gasteiger partial charge on any atom is 0.326 e. The Morgan fingerprint density at radius 1 is 1.35 bits per heavy atom. The molecule has 1 atom stereocenters. The Kier molecular flexibility index (Phi) is 4.54. The van der Waals surface area contributed by atoms with Crippen molar-refractivity contribution in [2.45, 2.75) is 58.9 Å². The van der Waals surface area contributed by atoms with Crippen molar-refractivity contribution in [3.05, 3.63) is 0 Å². The Bertz CT molecular complexity index is 294. The molecule has 1 aliphatic heterocycles. The van der Waals surface area contributed by atoms with Crippen molar-refractivity contribution in [1.82, 2.24) is 4.90 Å². The number of carbonyl (C=O) groups is 2. The van der Waals surface area contributed by atoms with E-state index in [4.69, 9.17) is 5.11 Å². The van der Waals surface area contributed by atoms with Crippen LogP contribution in [0.4, 0.5) is 0 Å². The highest BCUT2D eigenvalue weighted by atomic mass is 16.4. The molecule has 0 bridgehead atoms. The number of carbonyl (C=O) groups excluding carboxylic acids is 1. The van der Waals surface area contributed by atoms with E-state index in [0.717, 1.165) is 19.3 Å². The van der Waals surface area contributed by atoms with Gasteiger partial charge < -0.3 is 10.0 Å². The SMILES string of the molecule is CC(C)(C)CCCC(=O)N1CCCC1C(=O)O. The number of likely N-dealkylation sites (tertiary alicyclic amines) is 1. The number of hydrogen-bond acceptors (Lipinski definition) is 2. The maximum absolute atomic E-state index is 11.9. The molecule has 4 heteroatoms. The van der Waals surface area contributed by atoms with Crippen LogP contribution in [-0.4, -0.2) is 34.5 Å². The lowest BCUT2D eigenvalue weighted by Crippen LogP contribution is -2.40. The summed E-state index contributed by atoms with van der Waals surface area (Å²) in [6, 6.07) is -0.586. The van der Waals surface area contributed by atoms with Gasteiger partial charge in [0.05, 0.1) is 0 Å². The van der Waals surface area contributed by atoms with E-state index < -0.39 is 12.0 Å². The molecular weight excluding hydrogens is 218 g/mol. The van der Waals surface area contributed by atoms with E-state index in [1.807, 2.05) is 0 Å². The third-order valence-corrected chi connectivity index (χ3v) is 3.18. The first-order chi connectivity index (χ1) is 7.81. The van der Waals surface area contributed by atoms with Crippen LogP contribution in [0, 0.1) is 5.41 Å². The van der Waals surface area contributed by atoms with Crippen LogP contribution >= 0.6 is 0 Å². The number of nitrogens with zero attached hydrogens (tertiary/aromatic N) is 1. The molecule has 4 nitrogen and oxygen atoms in total. The summed E-state index contributed by atoms with van der Waals surface area (Å²) in [7, 11) is 0. The van der Waals surface area contributed by atoms with Gasteiger partial charge in [0.2, 0.25) is 5.91 Å². The van der Waals surface area contributed by atoms with Crippen molar-refractivity contribution in [1.29, 1.82) is 0 Å². The number of rotatable bonds is 4. The number of amides is 1. The molecule has 0 spiro atoms. The standard InChI is InChI=1S/C13H23NO3/c1-13(2,3)8-4-7-11(15)14-9-5-6-10(14)12(16)17/h10H,4-9H2,1-3H3,(H,16,17). The first-order valence-electron chi connectivity index (χ1n) is 6.33. The van der Waals surface area contributed by atoms with Crippen molar-refractivity contribution in [3.8, 4) is 0 Å². The van der Waals surface area contributed by atoms with Gasteiger partial charge in [-0.25, -0.2) is 4.79 Å². The van der Waals surface area contributed by atoms with Crippen molar-refractivity contribution >= 4 is 11.9 Å². The highest BCUT2D eigenvalue weighted by Crippen LogP contribution is 2.23. The Morgan fingerprint density at radius 2 is 2.00 bits per heavy atom. The largest absolute Gasteiger partial charge is 0.480 e. The molecule has 17 heavy (non-hydrogen) atoms. The lowest BCUT2D eigenvalue weighted by Gasteiger charge is -2.23. The van der Waals surface area contributed by atoms with Gasteiger partial charge in [0.15, 0.2) is 0 Å². The van der Waals surface area contributed by atoms with Gasteiger partial charge in [-0.1, -0.05) is 20.8 Å². The summed E-state index contributed by atoms with van der Waals surface area (Å²) in [6.07, 6.45) is 3.71. The second-order valence-electron chi connectivity index (χ2n) is 6.00.